The van der Waals surface area contributed by atoms with Gasteiger partial charge in [-0.2, -0.15) is 5.10 Å². The lowest BCUT2D eigenvalue weighted by Gasteiger charge is -2.21. The molecule has 0 aliphatic carbocycles. The number of thiophene rings is 1. The molecule has 0 atom stereocenters. The molecule has 1 aromatic carbocycles. The molecule has 0 fully saturated rings. The maximum Gasteiger partial charge on any atom is 0.260 e. The maximum absolute atomic E-state index is 11.9. The van der Waals surface area contributed by atoms with E-state index in [4.69, 9.17) is 0 Å². The number of hydrogen-bond acceptors (Lipinski definition) is 5. The quantitative estimate of drug-likeness (QED) is 0.638. The van der Waals surface area contributed by atoms with Gasteiger partial charge in [-0.25, -0.2) is 13.8 Å². The molecule has 1 amide bonds. The molecule has 0 aliphatic heterocycles. The number of carbonyl (C=O) groups excluding carboxylic acids is 1. The molecule has 1 heterocycles. The molecule has 122 valence electrons. The Kier molecular flexibility index (Phi) is 5.51. The van der Waals surface area contributed by atoms with Gasteiger partial charge in [0.2, 0.25) is 10.0 Å². The van der Waals surface area contributed by atoms with Gasteiger partial charge < -0.3 is 0 Å². The SMILES string of the molecule is Cc1ccc(N(CC(=O)NN=Cc2cccs2)S(C)(=O)=O)cc1. The van der Waals surface area contributed by atoms with E-state index in [0.717, 1.165) is 21.0 Å². The summed E-state index contributed by atoms with van der Waals surface area (Å²) >= 11 is 1.48. The number of amides is 1. The second-order valence-corrected chi connectivity index (χ2v) is 7.80. The second kappa shape index (κ2) is 7.38. The lowest BCUT2D eigenvalue weighted by atomic mass is 10.2. The van der Waals surface area contributed by atoms with Crippen molar-refractivity contribution >= 4 is 39.2 Å². The molecular weight excluding hydrogens is 334 g/mol. The van der Waals surface area contributed by atoms with Crippen LogP contribution in [0.25, 0.3) is 0 Å². The second-order valence-electron chi connectivity index (χ2n) is 4.91. The number of nitrogens with zero attached hydrogens (tertiary/aromatic N) is 2. The van der Waals surface area contributed by atoms with Crippen LogP contribution in [0.5, 0.6) is 0 Å². The molecule has 6 nitrogen and oxygen atoms in total. The molecule has 0 radical (unpaired) electrons. The van der Waals surface area contributed by atoms with E-state index in [0.29, 0.717) is 5.69 Å². The first-order chi connectivity index (χ1) is 10.9. The largest absolute Gasteiger partial charge is 0.271 e. The van der Waals surface area contributed by atoms with Crippen molar-refractivity contribution < 1.29 is 13.2 Å². The van der Waals surface area contributed by atoms with Crippen molar-refractivity contribution in [1.29, 1.82) is 0 Å². The smallest absolute Gasteiger partial charge is 0.260 e. The van der Waals surface area contributed by atoms with Crippen molar-refractivity contribution in [2.24, 2.45) is 5.10 Å². The van der Waals surface area contributed by atoms with E-state index < -0.39 is 15.9 Å². The first kappa shape index (κ1) is 17.2. The van der Waals surface area contributed by atoms with Crippen LogP contribution in [0.1, 0.15) is 10.4 Å². The summed E-state index contributed by atoms with van der Waals surface area (Å²) in [6, 6.07) is 10.6. The zero-order chi connectivity index (χ0) is 16.9. The Bertz CT molecular complexity index is 782. The summed E-state index contributed by atoms with van der Waals surface area (Å²) in [5, 5.41) is 5.72. The highest BCUT2D eigenvalue weighted by Gasteiger charge is 2.20. The van der Waals surface area contributed by atoms with Gasteiger partial charge in [0.25, 0.3) is 5.91 Å². The van der Waals surface area contributed by atoms with E-state index in [1.54, 1.807) is 24.3 Å². The van der Waals surface area contributed by atoms with Gasteiger partial charge in [0.15, 0.2) is 0 Å². The minimum Gasteiger partial charge on any atom is -0.271 e. The monoisotopic (exact) mass is 351 g/mol. The van der Waals surface area contributed by atoms with Gasteiger partial charge in [-0.1, -0.05) is 23.8 Å². The zero-order valence-corrected chi connectivity index (χ0v) is 14.4. The third-order valence-corrected chi connectivity index (χ3v) is 4.88. The van der Waals surface area contributed by atoms with Crippen LogP contribution in [-0.4, -0.2) is 33.3 Å². The molecule has 0 spiro atoms. The minimum atomic E-state index is -3.57. The number of nitrogens with one attached hydrogen (secondary N) is 1. The van der Waals surface area contributed by atoms with Gasteiger partial charge in [-0.05, 0) is 30.5 Å². The van der Waals surface area contributed by atoms with Gasteiger partial charge >= 0.3 is 0 Å². The van der Waals surface area contributed by atoms with Gasteiger partial charge in [0, 0.05) is 4.88 Å². The van der Waals surface area contributed by atoms with Crippen molar-refractivity contribution in [2.45, 2.75) is 6.92 Å². The van der Waals surface area contributed by atoms with Crippen molar-refractivity contribution in [3.05, 3.63) is 52.2 Å². The number of sulfonamides is 1. The molecular formula is C15H17N3O3S2. The van der Waals surface area contributed by atoms with E-state index in [2.05, 4.69) is 10.5 Å². The predicted molar refractivity (Wildman–Crippen MR) is 93.4 cm³/mol. The molecule has 2 aromatic rings. The number of rotatable bonds is 6. The van der Waals surface area contributed by atoms with Crippen molar-refractivity contribution in [2.75, 3.05) is 17.1 Å². The van der Waals surface area contributed by atoms with Crippen LogP contribution >= 0.6 is 11.3 Å². The summed E-state index contributed by atoms with van der Waals surface area (Å²) in [5.41, 5.74) is 3.78. The Hall–Kier alpha value is -2.19. The van der Waals surface area contributed by atoms with E-state index in [1.807, 2.05) is 24.4 Å². The van der Waals surface area contributed by atoms with Crippen molar-refractivity contribution in [3.63, 3.8) is 0 Å². The molecule has 8 heteroatoms. The van der Waals surface area contributed by atoms with E-state index in [1.165, 1.54) is 17.6 Å². The van der Waals surface area contributed by atoms with E-state index in [-0.39, 0.29) is 6.54 Å². The van der Waals surface area contributed by atoms with Crippen molar-refractivity contribution in [1.82, 2.24) is 5.43 Å². The third-order valence-electron chi connectivity index (χ3n) is 2.93. The molecule has 0 bridgehead atoms. The van der Waals surface area contributed by atoms with Gasteiger partial charge in [0.1, 0.15) is 6.54 Å². The number of hydrazone groups is 1. The predicted octanol–water partition coefficient (Wildman–Crippen LogP) is 1.97. The summed E-state index contributed by atoms with van der Waals surface area (Å²) in [4.78, 5) is 12.8. The Morgan fingerprint density at radius 2 is 2.00 bits per heavy atom. The van der Waals surface area contributed by atoms with Crippen LogP contribution in [0.3, 0.4) is 0 Å². The highest BCUT2D eigenvalue weighted by Crippen LogP contribution is 2.17. The maximum atomic E-state index is 11.9. The van der Waals surface area contributed by atoms with Crippen LogP contribution < -0.4 is 9.73 Å². The molecule has 0 aliphatic rings. The Balaban J connectivity index is 2.06. The number of carbonyl (C=O) groups is 1. The lowest BCUT2D eigenvalue weighted by molar-refractivity contribution is -0.119. The number of benzene rings is 1. The van der Waals surface area contributed by atoms with Gasteiger partial charge in [-0.15, -0.1) is 11.3 Å². The van der Waals surface area contributed by atoms with Crippen LogP contribution in [0.4, 0.5) is 5.69 Å². The normalized spacial score (nSPS) is 11.6. The van der Waals surface area contributed by atoms with Crippen molar-refractivity contribution in [3.8, 4) is 0 Å². The number of anilines is 1. The van der Waals surface area contributed by atoms with E-state index in [9.17, 15) is 13.2 Å². The van der Waals surface area contributed by atoms with Crippen LogP contribution in [0.15, 0.2) is 46.9 Å². The Labute approximate surface area is 139 Å². The van der Waals surface area contributed by atoms with Crippen LogP contribution in [-0.2, 0) is 14.8 Å². The Morgan fingerprint density at radius 3 is 2.57 bits per heavy atom. The molecule has 1 aromatic heterocycles. The molecule has 2 rings (SSSR count). The van der Waals surface area contributed by atoms with Gasteiger partial charge in [0.05, 0.1) is 18.2 Å². The summed E-state index contributed by atoms with van der Waals surface area (Å²) in [5.74, 6) is -0.510. The summed E-state index contributed by atoms with van der Waals surface area (Å²) in [6.45, 7) is 1.57. The fraction of sp³-hybridized carbons (Fsp3) is 0.200. The fourth-order valence-corrected chi connectivity index (χ4v) is 3.25. The van der Waals surface area contributed by atoms with Gasteiger partial charge in [-0.3, -0.25) is 9.10 Å². The number of hydrogen-bond donors (Lipinski definition) is 1. The minimum absolute atomic E-state index is 0.330. The summed E-state index contributed by atoms with van der Waals surface area (Å²) < 4.78 is 24.9. The van der Waals surface area contributed by atoms with Crippen LogP contribution in [0, 0.1) is 6.92 Å². The molecule has 23 heavy (non-hydrogen) atoms. The molecule has 0 saturated heterocycles. The standard InChI is InChI=1S/C15H17N3O3S2/c1-12-5-7-13(8-6-12)18(23(2,20)21)11-15(19)17-16-10-14-4-3-9-22-14/h3-10H,11H2,1-2H3,(H,17,19). The highest BCUT2D eigenvalue weighted by molar-refractivity contribution is 7.92. The zero-order valence-electron chi connectivity index (χ0n) is 12.8. The van der Waals surface area contributed by atoms with Crippen LogP contribution in [0.2, 0.25) is 0 Å². The highest BCUT2D eigenvalue weighted by atomic mass is 32.2. The average molecular weight is 351 g/mol. The molecule has 0 unspecified atom stereocenters. The summed E-state index contributed by atoms with van der Waals surface area (Å²) in [6.07, 6.45) is 2.58. The number of aryl methyl sites for hydroxylation is 1. The molecule has 1 N–H and O–H groups in total. The Morgan fingerprint density at radius 1 is 1.30 bits per heavy atom. The molecule has 0 saturated carbocycles. The topological polar surface area (TPSA) is 78.8 Å². The first-order valence-corrected chi connectivity index (χ1v) is 9.49. The first-order valence-electron chi connectivity index (χ1n) is 6.76. The fourth-order valence-electron chi connectivity index (χ4n) is 1.81. The summed E-state index contributed by atoms with van der Waals surface area (Å²) in [7, 11) is -3.57. The average Bonchev–Trinajstić information content (AvgIpc) is 2.98. The lowest BCUT2D eigenvalue weighted by Crippen LogP contribution is -2.39. The van der Waals surface area contributed by atoms with E-state index >= 15 is 0 Å². The third kappa shape index (κ3) is 5.19.